The first kappa shape index (κ1) is 38.8. The second-order valence-corrected chi connectivity index (χ2v) is 22.5. The molecule has 0 unspecified atom stereocenters. The third kappa shape index (κ3) is 5.11. The highest BCUT2D eigenvalue weighted by Gasteiger charge is 2.31. The molecule has 0 saturated carbocycles. The minimum absolute atomic E-state index is 0.0626. The van der Waals surface area contributed by atoms with Gasteiger partial charge in [0.25, 0.3) is 0 Å². The van der Waals surface area contributed by atoms with E-state index in [0.717, 1.165) is 11.2 Å². The quantitative estimate of drug-likeness (QED) is 0.170. The Morgan fingerprint density at radius 3 is 1.64 bits per heavy atom. The van der Waals surface area contributed by atoms with Crippen LogP contribution < -0.4 is 0 Å². The Balaban J connectivity index is 1.17. The van der Waals surface area contributed by atoms with Crippen molar-refractivity contribution in [3.05, 3.63) is 168 Å². The zero-order valence-corrected chi connectivity index (χ0v) is 39.7. The number of rotatable bonds is 2. The maximum Gasteiger partial charge on any atom is 0.146 e. The lowest BCUT2D eigenvalue weighted by molar-refractivity contribution is 0.591. The summed E-state index contributed by atoms with van der Waals surface area (Å²) < 4.78 is 7.49. The standard InChI is InChI=1S/C63H52N4/c1-61(2,3)37-28-43(36-24-25-51-44(27-36)42-21-15-16-22-50(42)65(51)40-18-11-10-12-19-40)57-45(29-37)46-30-38(62(4,5)6)32-48-55-53(66(57)58(46)48)34-64-60-56(55)49-33-39(63(7,8)9)31-47-54-41-20-14-13-17-35(41)23-26-52(54)67(60)59(47)49/h10-34H,1-9H3. The van der Waals surface area contributed by atoms with Crippen LogP contribution in [0.4, 0.5) is 0 Å². The van der Waals surface area contributed by atoms with Crippen molar-refractivity contribution in [3.8, 4) is 16.8 Å². The molecule has 0 atom stereocenters. The summed E-state index contributed by atoms with van der Waals surface area (Å²) in [6.45, 7) is 21.2. The Kier molecular flexibility index (Phi) is 7.36. The molecule has 0 saturated heterocycles. The molecule has 67 heavy (non-hydrogen) atoms. The Morgan fingerprint density at radius 2 is 0.925 bits per heavy atom. The lowest BCUT2D eigenvalue weighted by atomic mass is 9.82. The molecular formula is C63H52N4. The van der Waals surface area contributed by atoms with Gasteiger partial charge in [0, 0.05) is 65.1 Å². The van der Waals surface area contributed by atoms with Gasteiger partial charge in [0.15, 0.2) is 0 Å². The van der Waals surface area contributed by atoms with E-state index in [2.05, 4.69) is 227 Å². The summed E-state index contributed by atoms with van der Waals surface area (Å²) in [4.78, 5) is 5.60. The lowest BCUT2D eigenvalue weighted by Crippen LogP contribution is -2.11. The molecule has 324 valence electrons. The van der Waals surface area contributed by atoms with E-state index in [0.29, 0.717) is 0 Å². The molecule has 0 aliphatic carbocycles. The number of hydrogen-bond donors (Lipinski definition) is 0. The molecule has 14 aromatic rings. The molecule has 8 aromatic carbocycles. The second kappa shape index (κ2) is 12.7. The Labute approximate surface area is 389 Å². The van der Waals surface area contributed by atoms with Gasteiger partial charge in [-0.05, 0) is 122 Å². The molecule has 0 N–H and O–H groups in total. The fourth-order valence-electron chi connectivity index (χ4n) is 11.9. The van der Waals surface area contributed by atoms with Crippen LogP contribution in [0, 0.1) is 0 Å². The van der Waals surface area contributed by atoms with E-state index in [1.165, 1.54) is 131 Å². The topological polar surface area (TPSA) is 26.6 Å². The summed E-state index contributed by atoms with van der Waals surface area (Å²) in [5.41, 5.74) is 17.0. The molecule has 14 rings (SSSR count). The molecule has 0 bridgehead atoms. The normalized spacial score (nSPS) is 13.4. The largest absolute Gasteiger partial charge is 0.309 e. The SMILES string of the molecule is CC(C)(C)c1cc(-c2ccc3c(c2)c2ccccc2n3-c2ccccc2)c2c(c1)c1cc(C(C)(C)C)cc3c4c5c6cc(C(C)(C)C)cc7c8c9ccccc9ccc8n(c5ncc4n2c13)c76. The molecule has 0 aliphatic heterocycles. The van der Waals surface area contributed by atoms with Gasteiger partial charge in [-0.2, -0.15) is 0 Å². The van der Waals surface area contributed by atoms with Crippen molar-refractivity contribution in [1.29, 1.82) is 0 Å². The maximum atomic E-state index is 5.60. The van der Waals surface area contributed by atoms with Crippen LogP contribution in [0.5, 0.6) is 0 Å². The summed E-state index contributed by atoms with van der Waals surface area (Å²) >= 11 is 0. The van der Waals surface area contributed by atoms with E-state index in [1.54, 1.807) is 0 Å². The molecule has 0 aliphatic rings. The Morgan fingerprint density at radius 1 is 0.373 bits per heavy atom. The van der Waals surface area contributed by atoms with E-state index >= 15 is 0 Å². The summed E-state index contributed by atoms with van der Waals surface area (Å²) in [7, 11) is 0. The number of pyridine rings is 1. The Hall–Kier alpha value is -7.43. The number of aromatic nitrogens is 4. The van der Waals surface area contributed by atoms with Crippen molar-refractivity contribution >= 4 is 109 Å². The third-order valence-electron chi connectivity index (χ3n) is 15.3. The van der Waals surface area contributed by atoms with Crippen molar-refractivity contribution in [2.24, 2.45) is 0 Å². The fraction of sp³-hybridized carbons (Fsp3) is 0.190. The van der Waals surface area contributed by atoms with Gasteiger partial charge in [0.2, 0.25) is 0 Å². The van der Waals surface area contributed by atoms with Gasteiger partial charge in [-0.1, -0.05) is 135 Å². The van der Waals surface area contributed by atoms with Crippen LogP contribution in [0.2, 0.25) is 0 Å². The molecule has 0 amide bonds. The van der Waals surface area contributed by atoms with E-state index in [1.807, 2.05) is 0 Å². The molecular weight excluding hydrogens is 813 g/mol. The summed E-state index contributed by atoms with van der Waals surface area (Å²) in [6.07, 6.45) is 2.19. The van der Waals surface area contributed by atoms with Crippen LogP contribution in [0.25, 0.3) is 126 Å². The van der Waals surface area contributed by atoms with E-state index in [4.69, 9.17) is 4.98 Å². The van der Waals surface area contributed by atoms with Crippen LogP contribution in [-0.4, -0.2) is 18.4 Å². The molecule has 0 fully saturated rings. The molecule has 4 heteroatoms. The smallest absolute Gasteiger partial charge is 0.146 e. The highest BCUT2D eigenvalue weighted by molar-refractivity contribution is 6.37. The van der Waals surface area contributed by atoms with E-state index < -0.39 is 0 Å². The van der Waals surface area contributed by atoms with Crippen molar-refractivity contribution < 1.29 is 0 Å². The summed E-state index contributed by atoms with van der Waals surface area (Å²) in [5, 5.41) is 15.4. The predicted molar refractivity (Wildman–Crippen MR) is 287 cm³/mol. The third-order valence-corrected chi connectivity index (χ3v) is 15.3. The second-order valence-electron chi connectivity index (χ2n) is 22.5. The van der Waals surface area contributed by atoms with Crippen LogP contribution in [0.1, 0.15) is 79.0 Å². The zero-order valence-electron chi connectivity index (χ0n) is 39.7. The number of para-hydroxylation sites is 2. The summed E-state index contributed by atoms with van der Waals surface area (Å²) in [5.74, 6) is 0. The molecule has 6 aromatic heterocycles. The van der Waals surface area contributed by atoms with Gasteiger partial charge < -0.3 is 8.97 Å². The number of benzene rings is 8. The zero-order chi connectivity index (χ0) is 45.6. The predicted octanol–water partition coefficient (Wildman–Crippen LogP) is 17.2. The van der Waals surface area contributed by atoms with Gasteiger partial charge in [0.05, 0.1) is 44.8 Å². The highest BCUT2D eigenvalue weighted by atomic mass is 15.0. The van der Waals surface area contributed by atoms with Gasteiger partial charge >= 0.3 is 0 Å². The Bertz CT molecular complexity index is 4420. The first-order chi connectivity index (χ1) is 32.1. The minimum Gasteiger partial charge on any atom is -0.309 e. The van der Waals surface area contributed by atoms with Crippen LogP contribution in [0.15, 0.2) is 152 Å². The molecule has 0 spiro atoms. The van der Waals surface area contributed by atoms with Crippen molar-refractivity contribution in [3.63, 3.8) is 0 Å². The van der Waals surface area contributed by atoms with Crippen LogP contribution >= 0.6 is 0 Å². The molecule has 4 nitrogen and oxygen atoms in total. The first-order valence-corrected chi connectivity index (χ1v) is 24.0. The number of nitrogens with zero attached hydrogens (tertiary/aromatic N) is 4. The summed E-state index contributed by atoms with van der Waals surface area (Å²) in [6, 6.07) is 55.2. The van der Waals surface area contributed by atoms with Crippen LogP contribution in [0.3, 0.4) is 0 Å². The van der Waals surface area contributed by atoms with Gasteiger partial charge in [-0.3, -0.25) is 4.40 Å². The van der Waals surface area contributed by atoms with E-state index in [-0.39, 0.29) is 16.2 Å². The average Bonchev–Trinajstić information content (AvgIpc) is 4.10. The highest BCUT2D eigenvalue weighted by Crippen LogP contribution is 2.51. The van der Waals surface area contributed by atoms with Crippen LogP contribution in [-0.2, 0) is 16.2 Å². The molecule has 6 heterocycles. The van der Waals surface area contributed by atoms with Gasteiger partial charge in [0.1, 0.15) is 5.65 Å². The van der Waals surface area contributed by atoms with Gasteiger partial charge in [-0.15, -0.1) is 0 Å². The molecule has 0 radical (unpaired) electrons. The van der Waals surface area contributed by atoms with Gasteiger partial charge in [-0.25, -0.2) is 4.98 Å². The van der Waals surface area contributed by atoms with E-state index in [9.17, 15) is 0 Å². The monoisotopic (exact) mass is 864 g/mol. The van der Waals surface area contributed by atoms with Crippen molar-refractivity contribution in [1.82, 2.24) is 18.4 Å². The van der Waals surface area contributed by atoms with Crippen molar-refractivity contribution in [2.45, 2.75) is 78.6 Å². The minimum atomic E-state index is -0.0809. The first-order valence-electron chi connectivity index (χ1n) is 24.0. The van der Waals surface area contributed by atoms with Crippen molar-refractivity contribution in [2.75, 3.05) is 0 Å². The fourth-order valence-corrected chi connectivity index (χ4v) is 11.9. The number of fused-ring (bicyclic) bond motifs is 18. The number of hydrogen-bond acceptors (Lipinski definition) is 1. The lowest BCUT2D eigenvalue weighted by Gasteiger charge is -2.22. The maximum absolute atomic E-state index is 5.60. The average molecular weight is 865 g/mol.